The molecule has 3 atom stereocenters. The third-order valence-corrected chi connectivity index (χ3v) is 6.99. The van der Waals surface area contributed by atoms with Gasteiger partial charge in [-0.25, -0.2) is 0 Å². The number of ether oxygens (including phenoxy) is 2. The average Bonchev–Trinajstić information content (AvgIpc) is 3.67. The molecular weight excluding hydrogens is 579 g/mol. The van der Waals surface area contributed by atoms with Crippen molar-refractivity contribution in [3.63, 3.8) is 0 Å². The van der Waals surface area contributed by atoms with Crippen LogP contribution >= 0.6 is 22.6 Å². The molecule has 0 bridgehead atoms. The summed E-state index contributed by atoms with van der Waals surface area (Å²) < 4.78 is 12.4. The van der Waals surface area contributed by atoms with Crippen molar-refractivity contribution in [2.24, 2.45) is 5.92 Å². The summed E-state index contributed by atoms with van der Waals surface area (Å²) in [4.78, 5) is 27.8. The first-order valence-electron chi connectivity index (χ1n) is 12.1. The molecule has 36 heavy (non-hydrogen) atoms. The fourth-order valence-corrected chi connectivity index (χ4v) is 4.98. The number of allylic oxidation sites excluding steroid dienone is 1. The van der Waals surface area contributed by atoms with Gasteiger partial charge in [0.05, 0.1) is 29.9 Å². The molecule has 0 heterocycles. The lowest BCUT2D eigenvalue weighted by molar-refractivity contribution is -0.134. The predicted molar refractivity (Wildman–Crippen MR) is 143 cm³/mol. The Balaban J connectivity index is 1.99. The van der Waals surface area contributed by atoms with Crippen molar-refractivity contribution in [3.05, 3.63) is 44.6 Å². The number of rotatable bonds is 11. The molecule has 1 saturated carbocycles. The van der Waals surface area contributed by atoms with E-state index in [-0.39, 0.29) is 38.0 Å². The van der Waals surface area contributed by atoms with Crippen LogP contribution in [0.2, 0.25) is 0 Å². The normalized spacial score (nSPS) is 21.3. The van der Waals surface area contributed by atoms with Gasteiger partial charge in [0.15, 0.2) is 11.5 Å². The van der Waals surface area contributed by atoms with Gasteiger partial charge in [-0.05, 0) is 79.0 Å². The van der Waals surface area contributed by atoms with Crippen LogP contribution in [0.25, 0.3) is 0 Å². The zero-order chi connectivity index (χ0) is 26.4. The van der Waals surface area contributed by atoms with Gasteiger partial charge in [-0.1, -0.05) is 5.57 Å². The second-order valence-corrected chi connectivity index (χ2v) is 10.6. The Kier molecular flexibility index (Phi) is 10.2. The second-order valence-electron chi connectivity index (χ2n) is 9.44. The summed E-state index contributed by atoms with van der Waals surface area (Å²) >= 11 is 2.07. The van der Waals surface area contributed by atoms with E-state index in [1.807, 2.05) is 13.8 Å². The molecule has 0 saturated heterocycles. The van der Waals surface area contributed by atoms with Gasteiger partial charge in [-0.15, -0.1) is 0 Å². The molecular formula is C26H35IN2O7. The molecule has 1 aromatic carbocycles. The number of aliphatic hydroxyl groups is 3. The van der Waals surface area contributed by atoms with Gasteiger partial charge in [0.25, 0.3) is 0 Å². The Morgan fingerprint density at radius 1 is 1.25 bits per heavy atom. The van der Waals surface area contributed by atoms with Gasteiger partial charge in [0.2, 0.25) is 11.8 Å². The van der Waals surface area contributed by atoms with Gasteiger partial charge < -0.3 is 35.0 Å². The maximum absolute atomic E-state index is 13.2. The maximum Gasteiger partial charge on any atom is 0.247 e. The Bertz CT molecular complexity index is 1020. The highest BCUT2D eigenvalue weighted by molar-refractivity contribution is 14.1. The van der Waals surface area contributed by atoms with E-state index in [1.54, 1.807) is 29.2 Å². The zero-order valence-electron chi connectivity index (χ0n) is 20.9. The van der Waals surface area contributed by atoms with Crippen LogP contribution in [0.4, 0.5) is 0 Å². The van der Waals surface area contributed by atoms with Crippen molar-refractivity contribution in [1.82, 2.24) is 10.2 Å². The maximum atomic E-state index is 13.2. The molecule has 9 nitrogen and oxygen atoms in total. The molecule has 0 aromatic heterocycles. The number of aliphatic hydroxyl groups excluding tert-OH is 3. The number of methoxy groups -OCH3 is 1. The number of amides is 2. The van der Waals surface area contributed by atoms with Crippen LogP contribution in [0.15, 0.2) is 35.4 Å². The third-order valence-electron chi connectivity index (χ3n) is 6.19. The third kappa shape index (κ3) is 7.21. The molecule has 4 N–H and O–H groups in total. The first kappa shape index (κ1) is 28.4. The standard InChI is InChI=1S/C26H35IN2O7/c1-15(2)8-23(32)29(13-16-4-5-16)20-11-18(26(34)28-6-7-30)12-21(24(20)33)36-25-19(27)9-17(14-31)10-22(25)35-3/h8-10,12,16,20-21,24,30-31,33H,4-7,11,13-14H2,1-3H3,(H,28,34)/t20-,21+,24+/m1/s1. The summed E-state index contributed by atoms with van der Waals surface area (Å²) in [6, 6.07) is 2.72. The Morgan fingerprint density at radius 2 is 1.97 bits per heavy atom. The number of hydrogen-bond donors (Lipinski definition) is 4. The molecule has 2 aliphatic carbocycles. The van der Waals surface area contributed by atoms with Gasteiger partial charge in [0, 0.05) is 31.2 Å². The molecule has 0 aliphatic heterocycles. The number of halogens is 1. The molecule has 10 heteroatoms. The second kappa shape index (κ2) is 12.9. The molecule has 0 radical (unpaired) electrons. The minimum atomic E-state index is -1.11. The van der Waals surface area contributed by atoms with Crippen LogP contribution in [-0.2, 0) is 16.2 Å². The Hall–Kier alpha value is -2.15. The summed E-state index contributed by atoms with van der Waals surface area (Å²) in [6.07, 6.45) is 3.28. The predicted octanol–water partition coefficient (Wildman–Crippen LogP) is 1.91. The fraction of sp³-hybridized carbons (Fsp3) is 0.538. The molecule has 2 amide bonds. The van der Waals surface area contributed by atoms with Gasteiger partial charge >= 0.3 is 0 Å². The van der Waals surface area contributed by atoms with Crippen molar-refractivity contribution < 1.29 is 34.4 Å². The van der Waals surface area contributed by atoms with E-state index in [1.165, 1.54) is 7.11 Å². The van der Waals surface area contributed by atoms with Gasteiger partial charge in [-0.2, -0.15) is 0 Å². The number of carbonyl (C=O) groups excluding carboxylic acids is 2. The van der Waals surface area contributed by atoms with Crippen LogP contribution in [0.1, 0.15) is 38.7 Å². The summed E-state index contributed by atoms with van der Waals surface area (Å²) in [5, 5.41) is 32.8. The average molecular weight is 614 g/mol. The fourth-order valence-electron chi connectivity index (χ4n) is 4.19. The number of hydrogen-bond acceptors (Lipinski definition) is 7. The molecule has 1 aromatic rings. The minimum absolute atomic E-state index is 0.0890. The first-order valence-corrected chi connectivity index (χ1v) is 13.1. The minimum Gasteiger partial charge on any atom is -0.493 e. The van der Waals surface area contributed by atoms with E-state index in [4.69, 9.17) is 14.6 Å². The zero-order valence-corrected chi connectivity index (χ0v) is 23.0. The van der Waals surface area contributed by atoms with Crippen molar-refractivity contribution >= 4 is 34.4 Å². The van der Waals surface area contributed by atoms with E-state index < -0.39 is 18.2 Å². The molecule has 198 valence electrons. The van der Waals surface area contributed by atoms with Crippen molar-refractivity contribution in [1.29, 1.82) is 0 Å². The number of carbonyl (C=O) groups is 2. The van der Waals surface area contributed by atoms with Crippen molar-refractivity contribution in [2.75, 3.05) is 26.8 Å². The number of benzene rings is 1. The number of nitrogens with zero attached hydrogens (tertiary/aromatic N) is 1. The molecule has 0 unspecified atom stereocenters. The van der Waals surface area contributed by atoms with Crippen LogP contribution in [-0.4, -0.2) is 77.1 Å². The van der Waals surface area contributed by atoms with E-state index in [0.29, 0.717) is 38.7 Å². The highest BCUT2D eigenvalue weighted by Crippen LogP contribution is 2.38. The number of nitrogens with one attached hydrogen (secondary N) is 1. The monoisotopic (exact) mass is 614 g/mol. The lowest BCUT2D eigenvalue weighted by atomic mass is 9.88. The Morgan fingerprint density at radius 3 is 2.56 bits per heavy atom. The van der Waals surface area contributed by atoms with E-state index in [0.717, 1.165) is 18.4 Å². The largest absolute Gasteiger partial charge is 0.493 e. The highest BCUT2D eigenvalue weighted by Gasteiger charge is 2.42. The summed E-state index contributed by atoms with van der Waals surface area (Å²) in [7, 11) is 1.48. The van der Waals surface area contributed by atoms with Crippen LogP contribution < -0.4 is 14.8 Å². The lowest BCUT2D eigenvalue weighted by Crippen LogP contribution is -2.55. The molecule has 2 aliphatic rings. The van der Waals surface area contributed by atoms with Crippen molar-refractivity contribution in [2.45, 2.75) is 58.0 Å². The van der Waals surface area contributed by atoms with Crippen LogP contribution in [0, 0.1) is 9.49 Å². The highest BCUT2D eigenvalue weighted by atomic mass is 127. The smallest absolute Gasteiger partial charge is 0.247 e. The molecule has 1 fully saturated rings. The quantitative estimate of drug-likeness (QED) is 0.222. The topological polar surface area (TPSA) is 129 Å². The van der Waals surface area contributed by atoms with Gasteiger partial charge in [-0.3, -0.25) is 9.59 Å². The summed E-state index contributed by atoms with van der Waals surface area (Å²) in [5.74, 6) is 0.538. The van der Waals surface area contributed by atoms with Crippen LogP contribution in [0.5, 0.6) is 11.5 Å². The SMILES string of the molecule is COc1cc(CO)cc(I)c1O[C@H]1C=C(C(=O)NCCO)C[C@@H](N(CC2CC2)C(=O)C=C(C)C)[C@@H]1O. The first-order chi connectivity index (χ1) is 17.2. The molecule has 0 spiro atoms. The summed E-state index contributed by atoms with van der Waals surface area (Å²) in [5.41, 5.74) is 1.86. The van der Waals surface area contributed by atoms with Crippen molar-refractivity contribution in [3.8, 4) is 11.5 Å². The Labute approximate surface area is 225 Å². The van der Waals surface area contributed by atoms with Crippen LogP contribution in [0.3, 0.4) is 0 Å². The summed E-state index contributed by atoms with van der Waals surface area (Å²) in [6.45, 7) is 3.89. The van der Waals surface area contributed by atoms with E-state index >= 15 is 0 Å². The van der Waals surface area contributed by atoms with E-state index in [9.17, 15) is 19.8 Å². The molecule has 3 rings (SSSR count). The van der Waals surface area contributed by atoms with Gasteiger partial charge in [0.1, 0.15) is 12.2 Å². The lowest BCUT2D eigenvalue weighted by Gasteiger charge is -2.40. The van der Waals surface area contributed by atoms with E-state index in [2.05, 4.69) is 27.9 Å².